The smallest absolute Gasteiger partial charge is 0.111 e. The van der Waals surface area contributed by atoms with E-state index in [0.717, 1.165) is 34.3 Å². The number of benzene rings is 1. The first-order valence-corrected chi connectivity index (χ1v) is 8.12. The molecule has 0 aliphatic heterocycles. The predicted octanol–water partition coefficient (Wildman–Crippen LogP) is 4.33. The molecule has 3 rings (SSSR count). The second-order valence-electron chi connectivity index (χ2n) is 4.99. The molecular weight excluding hydrogens is 350 g/mol. The first-order valence-electron chi connectivity index (χ1n) is 6.79. The van der Waals surface area contributed by atoms with Crippen LogP contribution in [0.5, 0.6) is 0 Å². The van der Waals surface area contributed by atoms with Crippen LogP contribution in [0.2, 0.25) is 0 Å². The van der Waals surface area contributed by atoms with E-state index in [4.69, 9.17) is 16.6 Å². The van der Waals surface area contributed by atoms with E-state index in [1.807, 2.05) is 30.6 Å². The van der Waals surface area contributed by atoms with Crippen LogP contribution in [-0.2, 0) is 13.0 Å². The van der Waals surface area contributed by atoms with Crippen molar-refractivity contribution in [3.63, 3.8) is 0 Å². The summed E-state index contributed by atoms with van der Waals surface area (Å²) in [5, 5.41) is 0. The SMILES string of the molecule is Cc1ccncc1Cn1c(CCCl)nc2cc(Br)ccc21. The fourth-order valence-corrected chi connectivity index (χ4v) is 2.96. The van der Waals surface area contributed by atoms with Crippen LogP contribution < -0.4 is 0 Å². The molecule has 5 heteroatoms. The number of aryl methyl sites for hydroxylation is 2. The van der Waals surface area contributed by atoms with Gasteiger partial charge in [0.2, 0.25) is 0 Å². The van der Waals surface area contributed by atoms with Crippen LogP contribution in [0.25, 0.3) is 11.0 Å². The van der Waals surface area contributed by atoms with E-state index in [-0.39, 0.29) is 0 Å². The number of fused-ring (bicyclic) bond motifs is 1. The van der Waals surface area contributed by atoms with E-state index in [1.54, 1.807) is 0 Å². The molecule has 0 bridgehead atoms. The van der Waals surface area contributed by atoms with Crippen LogP contribution in [0.3, 0.4) is 0 Å². The van der Waals surface area contributed by atoms with Gasteiger partial charge in [-0.15, -0.1) is 11.6 Å². The number of halogens is 2. The fourth-order valence-electron chi connectivity index (χ4n) is 2.44. The van der Waals surface area contributed by atoms with Gasteiger partial charge >= 0.3 is 0 Å². The van der Waals surface area contributed by atoms with E-state index in [1.165, 1.54) is 11.1 Å². The summed E-state index contributed by atoms with van der Waals surface area (Å²) in [7, 11) is 0. The Morgan fingerprint density at radius 3 is 2.90 bits per heavy atom. The Morgan fingerprint density at radius 2 is 2.14 bits per heavy atom. The molecule has 0 spiro atoms. The standard InChI is InChI=1S/C16H15BrClN3/c1-11-5-7-19-9-12(11)10-21-15-3-2-13(17)8-14(15)20-16(21)4-6-18/h2-3,5,7-9H,4,6,10H2,1H3. The summed E-state index contributed by atoms with van der Waals surface area (Å²) in [5.41, 5.74) is 4.56. The Bertz CT molecular complexity index is 782. The summed E-state index contributed by atoms with van der Waals surface area (Å²) in [6, 6.07) is 8.21. The van der Waals surface area contributed by atoms with Crippen molar-refractivity contribution in [3.8, 4) is 0 Å². The van der Waals surface area contributed by atoms with Gasteiger partial charge in [0, 0.05) is 29.2 Å². The monoisotopic (exact) mass is 363 g/mol. The van der Waals surface area contributed by atoms with Gasteiger partial charge in [-0.3, -0.25) is 4.98 Å². The highest BCUT2D eigenvalue weighted by atomic mass is 79.9. The maximum atomic E-state index is 5.93. The highest BCUT2D eigenvalue weighted by Gasteiger charge is 2.12. The van der Waals surface area contributed by atoms with Gasteiger partial charge in [0.25, 0.3) is 0 Å². The van der Waals surface area contributed by atoms with E-state index in [2.05, 4.69) is 38.5 Å². The minimum Gasteiger partial charge on any atom is -0.323 e. The van der Waals surface area contributed by atoms with Crippen molar-refractivity contribution in [1.29, 1.82) is 0 Å². The highest BCUT2D eigenvalue weighted by Crippen LogP contribution is 2.23. The van der Waals surface area contributed by atoms with E-state index < -0.39 is 0 Å². The van der Waals surface area contributed by atoms with Crippen molar-refractivity contribution in [2.45, 2.75) is 19.9 Å². The zero-order chi connectivity index (χ0) is 14.8. The molecule has 1 aromatic carbocycles. The molecule has 2 heterocycles. The molecule has 0 saturated carbocycles. The van der Waals surface area contributed by atoms with Gasteiger partial charge in [-0.1, -0.05) is 15.9 Å². The Balaban J connectivity index is 2.11. The minimum absolute atomic E-state index is 0.566. The van der Waals surface area contributed by atoms with E-state index in [9.17, 15) is 0 Å². The molecule has 0 aliphatic rings. The lowest BCUT2D eigenvalue weighted by molar-refractivity contribution is 0.748. The Morgan fingerprint density at radius 1 is 1.29 bits per heavy atom. The number of hydrogen-bond acceptors (Lipinski definition) is 2. The van der Waals surface area contributed by atoms with Crippen molar-refractivity contribution in [1.82, 2.24) is 14.5 Å². The predicted molar refractivity (Wildman–Crippen MR) is 89.9 cm³/mol. The lowest BCUT2D eigenvalue weighted by Crippen LogP contribution is -2.07. The number of hydrogen-bond donors (Lipinski definition) is 0. The average molecular weight is 365 g/mol. The lowest BCUT2D eigenvalue weighted by Gasteiger charge is -2.10. The quantitative estimate of drug-likeness (QED) is 0.645. The van der Waals surface area contributed by atoms with Crippen molar-refractivity contribution < 1.29 is 0 Å². The van der Waals surface area contributed by atoms with Gasteiger partial charge in [-0.05, 0) is 42.3 Å². The van der Waals surface area contributed by atoms with Crippen LogP contribution in [0.4, 0.5) is 0 Å². The lowest BCUT2D eigenvalue weighted by atomic mass is 10.1. The molecule has 2 aromatic heterocycles. The zero-order valence-electron chi connectivity index (χ0n) is 11.7. The second-order valence-corrected chi connectivity index (χ2v) is 6.28. The van der Waals surface area contributed by atoms with Crippen LogP contribution in [0.1, 0.15) is 17.0 Å². The summed E-state index contributed by atoms with van der Waals surface area (Å²) in [6.45, 7) is 2.87. The highest BCUT2D eigenvalue weighted by molar-refractivity contribution is 9.10. The van der Waals surface area contributed by atoms with Crippen LogP contribution in [0, 0.1) is 6.92 Å². The topological polar surface area (TPSA) is 30.7 Å². The molecule has 0 atom stereocenters. The Hall–Kier alpha value is -1.39. The van der Waals surface area contributed by atoms with Crippen LogP contribution >= 0.6 is 27.5 Å². The number of aromatic nitrogens is 3. The number of nitrogens with zero attached hydrogens (tertiary/aromatic N) is 3. The molecule has 0 fully saturated rings. The minimum atomic E-state index is 0.566. The molecule has 3 nitrogen and oxygen atoms in total. The second kappa shape index (κ2) is 6.16. The molecular formula is C16H15BrClN3. The Labute approximate surface area is 137 Å². The molecule has 0 N–H and O–H groups in total. The summed E-state index contributed by atoms with van der Waals surface area (Å²) < 4.78 is 3.27. The molecule has 3 aromatic rings. The van der Waals surface area contributed by atoms with Gasteiger partial charge in [-0.25, -0.2) is 4.98 Å². The van der Waals surface area contributed by atoms with Crippen molar-refractivity contribution >= 4 is 38.6 Å². The number of alkyl halides is 1. The summed E-state index contributed by atoms with van der Waals surface area (Å²) in [5.74, 6) is 1.58. The molecule has 0 aliphatic carbocycles. The van der Waals surface area contributed by atoms with Crippen LogP contribution in [0.15, 0.2) is 41.1 Å². The normalized spacial score (nSPS) is 11.2. The van der Waals surface area contributed by atoms with Crippen molar-refractivity contribution in [3.05, 3.63) is 58.1 Å². The molecule has 21 heavy (non-hydrogen) atoms. The number of pyridine rings is 1. The van der Waals surface area contributed by atoms with Gasteiger partial charge in [0.15, 0.2) is 0 Å². The third-order valence-corrected chi connectivity index (χ3v) is 4.27. The van der Waals surface area contributed by atoms with E-state index in [0.29, 0.717) is 5.88 Å². The van der Waals surface area contributed by atoms with Gasteiger partial charge in [0.05, 0.1) is 17.6 Å². The molecule has 0 unspecified atom stereocenters. The number of imidazole rings is 1. The molecule has 0 amide bonds. The molecule has 108 valence electrons. The van der Waals surface area contributed by atoms with Gasteiger partial charge in [-0.2, -0.15) is 0 Å². The number of rotatable bonds is 4. The van der Waals surface area contributed by atoms with Crippen molar-refractivity contribution in [2.75, 3.05) is 5.88 Å². The Kier molecular flexibility index (Phi) is 4.27. The summed E-state index contributed by atoms with van der Waals surface area (Å²) in [4.78, 5) is 8.95. The van der Waals surface area contributed by atoms with E-state index >= 15 is 0 Å². The van der Waals surface area contributed by atoms with Crippen molar-refractivity contribution in [2.24, 2.45) is 0 Å². The van der Waals surface area contributed by atoms with Gasteiger partial charge in [0.1, 0.15) is 5.82 Å². The third kappa shape index (κ3) is 2.97. The average Bonchev–Trinajstić information content (AvgIpc) is 2.79. The third-order valence-electron chi connectivity index (χ3n) is 3.58. The maximum Gasteiger partial charge on any atom is 0.111 e. The first kappa shape index (κ1) is 14.5. The zero-order valence-corrected chi connectivity index (χ0v) is 14.0. The summed E-state index contributed by atoms with van der Waals surface area (Å²) in [6.07, 6.45) is 4.50. The van der Waals surface area contributed by atoms with Crippen LogP contribution in [-0.4, -0.2) is 20.4 Å². The maximum absolute atomic E-state index is 5.93. The fraction of sp³-hybridized carbons (Fsp3) is 0.250. The molecule has 0 saturated heterocycles. The first-order chi connectivity index (χ1) is 10.2. The van der Waals surface area contributed by atoms with Gasteiger partial charge < -0.3 is 4.57 Å². The summed E-state index contributed by atoms with van der Waals surface area (Å²) >= 11 is 9.42. The molecule has 0 radical (unpaired) electrons. The largest absolute Gasteiger partial charge is 0.323 e.